The van der Waals surface area contributed by atoms with Gasteiger partial charge in [-0.3, -0.25) is 24.5 Å². The van der Waals surface area contributed by atoms with Gasteiger partial charge in [0, 0.05) is 12.1 Å². The number of carbonyl (C=O) groups is 2. The van der Waals surface area contributed by atoms with Crippen LogP contribution in [0.2, 0.25) is 0 Å². The quantitative estimate of drug-likeness (QED) is 0.284. The van der Waals surface area contributed by atoms with Crippen molar-refractivity contribution >= 4 is 28.9 Å². The second-order valence-electron chi connectivity index (χ2n) is 8.36. The molecule has 9 heteroatoms. The highest BCUT2D eigenvalue weighted by atomic mass is 16.7. The molecule has 3 atom stereocenters. The maximum Gasteiger partial charge on any atom is 0.271 e. The number of carbonyl (C=O) groups excluding carboxylic acids is 2. The maximum absolute atomic E-state index is 13.6. The van der Waals surface area contributed by atoms with Gasteiger partial charge in [-0.15, -0.1) is 0 Å². The molecule has 0 unspecified atom stereocenters. The van der Waals surface area contributed by atoms with Crippen molar-refractivity contribution in [3.8, 4) is 5.75 Å². The lowest BCUT2D eigenvalue weighted by Gasteiger charge is -2.28. The average molecular weight is 473 g/mol. The number of hydroxylamine groups is 1. The number of amides is 2. The summed E-state index contributed by atoms with van der Waals surface area (Å²) in [6.45, 7) is 2.58. The van der Waals surface area contributed by atoms with Crippen LogP contribution in [0.3, 0.4) is 0 Å². The number of nitro benzene ring substituents is 1. The highest BCUT2D eigenvalue weighted by Gasteiger charge is 2.60. The molecule has 2 aliphatic heterocycles. The van der Waals surface area contributed by atoms with Crippen molar-refractivity contribution in [2.45, 2.75) is 25.5 Å². The van der Waals surface area contributed by atoms with E-state index in [1.54, 1.807) is 36.4 Å². The molecule has 3 aromatic rings. The number of fused-ring (bicyclic) bond motifs is 1. The number of imide groups is 1. The normalized spacial score (nSPS) is 21.3. The number of ether oxygens (including phenoxy) is 1. The van der Waals surface area contributed by atoms with Crippen molar-refractivity contribution in [2.75, 3.05) is 16.6 Å². The van der Waals surface area contributed by atoms with Crippen LogP contribution in [-0.2, 0) is 14.4 Å². The predicted molar refractivity (Wildman–Crippen MR) is 128 cm³/mol. The third-order valence-corrected chi connectivity index (χ3v) is 6.12. The summed E-state index contributed by atoms with van der Waals surface area (Å²) in [7, 11) is 0. The molecule has 9 nitrogen and oxygen atoms in total. The van der Waals surface area contributed by atoms with E-state index in [1.807, 2.05) is 37.3 Å². The molecule has 0 aromatic heterocycles. The molecule has 0 aliphatic carbocycles. The lowest BCUT2D eigenvalue weighted by atomic mass is 9.90. The summed E-state index contributed by atoms with van der Waals surface area (Å²) < 4.78 is 5.60. The van der Waals surface area contributed by atoms with E-state index in [9.17, 15) is 19.7 Å². The molecule has 0 radical (unpaired) electrons. The molecule has 2 saturated heterocycles. The Hall–Kier alpha value is -4.24. The van der Waals surface area contributed by atoms with Crippen LogP contribution in [0.1, 0.15) is 24.9 Å². The van der Waals surface area contributed by atoms with Crippen LogP contribution in [0, 0.1) is 16.0 Å². The van der Waals surface area contributed by atoms with E-state index in [0.29, 0.717) is 23.7 Å². The number of anilines is 2. The van der Waals surface area contributed by atoms with Crippen LogP contribution in [0.25, 0.3) is 0 Å². The van der Waals surface area contributed by atoms with Crippen LogP contribution in [0.15, 0.2) is 78.9 Å². The molecule has 2 aliphatic rings. The first-order chi connectivity index (χ1) is 17.0. The molecule has 35 heavy (non-hydrogen) atoms. The van der Waals surface area contributed by atoms with E-state index in [2.05, 4.69) is 0 Å². The molecular formula is C26H23N3O6. The van der Waals surface area contributed by atoms with E-state index in [4.69, 9.17) is 9.57 Å². The van der Waals surface area contributed by atoms with Gasteiger partial charge >= 0.3 is 0 Å². The Bertz CT molecular complexity index is 1260. The largest absolute Gasteiger partial charge is 0.494 e. The first-order valence-electron chi connectivity index (χ1n) is 11.4. The van der Waals surface area contributed by atoms with Crippen molar-refractivity contribution in [1.82, 2.24) is 0 Å². The molecule has 3 aromatic carbocycles. The van der Waals surface area contributed by atoms with Crippen LogP contribution < -0.4 is 14.7 Å². The fourth-order valence-electron chi connectivity index (χ4n) is 4.54. The fraction of sp³-hybridized carbons (Fsp3) is 0.231. The maximum atomic E-state index is 13.6. The molecule has 0 spiro atoms. The highest BCUT2D eigenvalue weighted by Crippen LogP contribution is 2.48. The SMILES string of the molecule is CCCOc1ccc(N2C(=O)[C@H]3[C@H](ON(c4cccc([N+](=O)[O-])c4)[C@H]3c3ccccc3)C2=O)cc1. The first-order valence-corrected chi connectivity index (χ1v) is 11.4. The summed E-state index contributed by atoms with van der Waals surface area (Å²) in [5.41, 5.74) is 1.49. The summed E-state index contributed by atoms with van der Waals surface area (Å²) in [6, 6.07) is 21.3. The molecule has 2 amide bonds. The van der Waals surface area contributed by atoms with E-state index >= 15 is 0 Å². The van der Waals surface area contributed by atoms with E-state index < -0.39 is 28.9 Å². The van der Waals surface area contributed by atoms with Gasteiger partial charge in [0.25, 0.3) is 11.6 Å². The highest BCUT2D eigenvalue weighted by molar-refractivity contribution is 6.23. The number of benzene rings is 3. The zero-order valence-corrected chi connectivity index (χ0v) is 18.9. The second kappa shape index (κ2) is 9.19. The lowest BCUT2D eigenvalue weighted by Crippen LogP contribution is -2.37. The van der Waals surface area contributed by atoms with Gasteiger partial charge in [0.2, 0.25) is 5.91 Å². The molecule has 0 saturated carbocycles. The van der Waals surface area contributed by atoms with Gasteiger partial charge < -0.3 is 4.74 Å². The van der Waals surface area contributed by atoms with Crippen LogP contribution >= 0.6 is 0 Å². The molecule has 0 bridgehead atoms. The van der Waals surface area contributed by atoms with Gasteiger partial charge in [0.15, 0.2) is 6.10 Å². The van der Waals surface area contributed by atoms with Crippen molar-refractivity contribution in [1.29, 1.82) is 0 Å². The Morgan fingerprint density at radius 3 is 2.37 bits per heavy atom. The summed E-state index contributed by atoms with van der Waals surface area (Å²) in [5.74, 6) is -1.02. The van der Waals surface area contributed by atoms with Crippen LogP contribution in [0.5, 0.6) is 5.75 Å². The molecule has 0 N–H and O–H groups in total. The summed E-state index contributed by atoms with van der Waals surface area (Å²) in [6.07, 6.45) is -0.184. The lowest BCUT2D eigenvalue weighted by molar-refractivity contribution is -0.384. The first kappa shape index (κ1) is 22.5. The minimum absolute atomic E-state index is 0.111. The second-order valence-corrected chi connectivity index (χ2v) is 8.36. The smallest absolute Gasteiger partial charge is 0.271 e. The third-order valence-electron chi connectivity index (χ3n) is 6.12. The number of rotatable bonds is 7. The van der Waals surface area contributed by atoms with Gasteiger partial charge in [-0.2, -0.15) is 0 Å². The average Bonchev–Trinajstić information content (AvgIpc) is 3.39. The fourth-order valence-corrected chi connectivity index (χ4v) is 4.54. The molecule has 5 rings (SSSR count). The zero-order chi connectivity index (χ0) is 24.5. The Morgan fingerprint density at radius 2 is 1.69 bits per heavy atom. The standard InChI is InChI=1S/C26H23N3O6/c1-2-15-34-21-13-11-18(12-14-21)27-25(30)22-23(17-7-4-3-5-8-17)28(35-24(22)26(27)31)19-9-6-10-20(16-19)29(32)33/h3-14,16,22-24H,2,15H2,1H3/t22-,23+,24+/m1/s1. The van der Waals surface area contributed by atoms with Crippen molar-refractivity contribution in [2.24, 2.45) is 5.92 Å². The predicted octanol–water partition coefficient (Wildman–Crippen LogP) is 4.43. The van der Waals surface area contributed by atoms with E-state index in [1.165, 1.54) is 17.2 Å². The Balaban J connectivity index is 1.50. The summed E-state index contributed by atoms with van der Waals surface area (Å²) in [4.78, 5) is 45.1. The Morgan fingerprint density at radius 1 is 0.943 bits per heavy atom. The molecule has 2 heterocycles. The monoisotopic (exact) mass is 473 g/mol. The zero-order valence-electron chi connectivity index (χ0n) is 18.9. The molecule has 178 valence electrons. The van der Waals surface area contributed by atoms with E-state index in [-0.39, 0.29) is 11.6 Å². The number of non-ortho nitro benzene ring substituents is 1. The Kier molecular flexibility index (Phi) is 5.92. The summed E-state index contributed by atoms with van der Waals surface area (Å²) in [5, 5.41) is 12.8. The van der Waals surface area contributed by atoms with Gasteiger partial charge in [0.1, 0.15) is 11.7 Å². The minimum Gasteiger partial charge on any atom is -0.494 e. The van der Waals surface area contributed by atoms with Gasteiger partial charge in [-0.25, -0.2) is 9.96 Å². The van der Waals surface area contributed by atoms with Crippen molar-refractivity contribution in [3.05, 3.63) is 94.5 Å². The van der Waals surface area contributed by atoms with Crippen molar-refractivity contribution < 1.29 is 24.1 Å². The van der Waals surface area contributed by atoms with Crippen LogP contribution in [0.4, 0.5) is 17.1 Å². The number of hydrogen-bond donors (Lipinski definition) is 0. The van der Waals surface area contributed by atoms with Gasteiger partial charge in [-0.1, -0.05) is 43.3 Å². The van der Waals surface area contributed by atoms with Gasteiger partial charge in [-0.05, 0) is 42.3 Å². The van der Waals surface area contributed by atoms with Crippen molar-refractivity contribution in [3.63, 3.8) is 0 Å². The topological polar surface area (TPSA) is 102 Å². The minimum atomic E-state index is -1.05. The number of nitrogens with zero attached hydrogens (tertiary/aromatic N) is 3. The van der Waals surface area contributed by atoms with E-state index in [0.717, 1.165) is 16.9 Å². The number of nitro groups is 1. The third kappa shape index (κ3) is 4.00. The Labute approximate surface area is 201 Å². The summed E-state index contributed by atoms with van der Waals surface area (Å²) >= 11 is 0. The molecular weight excluding hydrogens is 450 g/mol. The van der Waals surface area contributed by atoms with Crippen LogP contribution in [-0.4, -0.2) is 29.4 Å². The van der Waals surface area contributed by atoms with Gasteiger partial charge in [0.05, 0.1) is 28.9 Å². The molecule has 2 fully saturated rings. The number of hydrogen-bond acceptors (Lipinski definition) is 7.